The SMILES string of the molecule is CCOC(=O)[C@]1(C#N)[C@@H](c2ccc(Cl)cc2)CN(C)[C@@]12C(=O)Nc1ccccc12. The van der Waals surface area contributed by atoms with Crippen LogP contribution in [0.4, 0.5) is 5.69 Å². The molecule has 29 heavy (non-hydrogen) atoms. The summed E-state index contributed by atoms with van der Waals surface area (Å²) < 4.78 is 5.40. The van der Waals surface area contributed by atoms with E-state index < -0.39 is 28.7 Å². The number of likely N-dealkylation sites (tertiary alicyclic amines) is 1. The van der Waals surface area contributed by atoms with E-state index in [9.17, 15) is 14.9 Å². The standard InChI is InChI=1S/C22H20ClN3O3/c1-3-29-20(28)21(13-24)17(14-8-10-15(23)11-9-14)12-26(2)22(21)16-6-4-5-7-18(16)25-19(22)27/h4-11,17H,3,12H2,1-2H3,(H,25,27)/t17-,21+,22+/m1/s1. The maximum absolute atomic E-state index is 13.4. The van der Waals surface area contributed by atoms with E-state index in [1.54, 1.807) is 61.3 Å². The summed E-state index contributed by atoms with van der Waals surface area (Å²) in [4.78, 5) is 28.7. The Bertz CT molecular complexity index is 1030. The fraction of sp³-hybridized carbons (Fsp3) is 0.318. The van der Waals surface area contributed by atoms with E-state index in [0.29, 0.717) is 22.8 Å². The number of hydrogen-bond acceptors (Lipinski definition) is 5. The van der Waals surface area contributed by atoms with Gasteiger partial charge in [-0.15, -0.1) is 0 Å². The minimum Gasteiger partial charge on any atom is -0.465 e. The Morgan fingerprint density at radius 3 is 2.66 bits per heavy atom. The van der Waals surface area contributed by atoms with Crippen LogP contribution in [0.25, 0.3) is 0 Å². The number of ether oxygens (including phenoxy) is 1. The molecule has 1 N–H and O–H groups in total. The molecule has 7 heteroatoms. The highest BCUT2D eigenvalue weighted by Crippen LogP contribution is 2.62. The largest absolute Gasteiger partial charge is 0.465 e. The number of anilines is 1. The van der Waals surface area contributed by atoms with Crippen molar-refractivity contribution in [3.63, 3.8) is 0 Å². The van der Waals surface area contributed by atoms with E-state index in [1.807, 2.05) is 6.07 Å². The predicted octanol–water partition coefficient (Wildman–Crippen LogP) is 3.29. The lowest BCUT2D eigenvalue weighted by molar-refractivity contribution is -0.161. The van der Waals surface area contributed by atoms with Crippen LogP contribution in [0.2, 0.25) is 5.02 Å². The smallest absolute Gasteiger partial charge is 0.330 e. The van der Waals surface area contributed by atoms with Crippen molar-refractivity contribution in [1.29, 1.82) is 5.26 Å². The van der Waals surface area contributed by atoms with Crippen LogP contribution in [0.15, 0.2) is 48.5 Å². The van der Waals surface area contributed by atoms with Crippen LogP contribution in [0.5, 0.6) is 0 Å². The van der Waals surface area contributed by atoms with E-state index in [4.69, 9.17) is 16.3 Å². The van der Waals surface area contributed by atoms with Crippen LogP contribution >= 0.6 is 11.6 Å². The van der Waals surface area contributed by atoms with Crippen LogP contribution in [0.3, 0.4) is 0 Å². The predicted molar refractivity (Wildman–Crippen MR) is 108 cm³/mol. The molecule has 1 spiro atoms. The van der Waals surface area contributed by atoms with E-state index >= 15 is 0 Å². The quantitative estimate of drug-likeness (QED) is 0.786. The zero-order chi connectivity index (χ0) is 20.8. The second-order valence-corrected chi connectivity index (χ2v) is 7.77. The van der Waals surface area contributed by atoms with Crippen molar-refractivity contribution in [2.45, 2.75) is 18.4 Å². The first kappa shape index (κ1) is 19.4. The van der Waals surface area contributed by atoms with Crippen LogP contribution in [-0.2, 0) is 19.9 Å². The van der Waals surface area contributed by atoms with Gasteiger partial charge in [0, 0.05) is 28.7 Å². The third-order valence-corrected chi connectivity index (χ3v) is 6.31. The second kappa shape index (κ2) is 6.87. The topological polar surface area (TPSA) is 82.4 Å². The molecule has 1 amide bonds. The number of amides is 1. The number of halogens is 1. The summed E-state index contributed by atoms with van der Waals surface area (Å²) in [5.41, 5.74) is -1.29. The van der Waals surface area contributed by atoms with Crippen molar-refractivity contribution < 1.29 is 14.3 Å². The second-order valence-electron chi connectivity index (χ2n) is 7.34. The molecule has 0 aliphatic carbocycles. The number of rotatable bonds is 3. The van der Waals surface area contributed by atoms with E-state index in [-0.39, 0.29) is 6.61 Å². The summed E-state index contributed by atoms with van der Waals surface area (Å²) in [7, 11) is 1.77. The summed E-state index contributed by atoms with van der Waals surface area (Å²) in [5, 5.41) is 13.9. The Labute approximate surface area is 174 Å². The average molecular weight is 410 g/mol. The Kier molecular flexibility index (Phi) is 4.60. The molecule has 2 aromatic carbocycles. The van der Waals surface area contributed by atoms with Gasteiger partial charge in [-0.2, -0.15) is 5.26 Å². The van der Waals surface area contributed by atoms with Crippen molar-refractivity contribution in [2.75, 3.05) is 25.5 Å². The molecule has 3 atom stereocenters. The number of nitrogens with zero attached hydrogens (tertiary/aromatic N) is 2. The summed E-state index contributed by atoms with van der Waals surface area (Å²) in [6.07, 6.45) is 0. The fourth-order valence-electron chi connectivity index (χ4n) is 4.90. The van der Waals surface area contributed by atoms with Gasteiger partial charge >= 0.3 is 5.97 Å². The lowest BCUT2D eigenvalue weighted by Crippen LogP contribution is -2.58. The van der Waals surface area contributed by atoms with Crippen molar-refractivity contribution in [1.82, 2.24) is 4.90 Å². The molecular weight excluding hydrogens is 390 g/mol. The number of carbonyl (C=O) groups excluding carboxylic acids is 2. The molecule has 1 saturated heterocycles. The molecular formula is C22H20ClN3O3. The number of nitriles is 1. The Hall–Kier alpha value is -2.88. The van der Waals surface area contributed by atoms with Gasteiger partial charge in [0.1, 0.15) is 0 Å². The summed E-state index contributed by atoms with van der Waals surface area (Å²) in [6.45, 7) is 2.13. The molecule has 0 radical (unpaired) electrons. The molecule has 148 valence electrons. The Balaban J connectivity index is 2.03. The summed E-state index contributed by atoms with van der Waals surface area (Å²) >= 11 is 6.04. The minimum atomic E-state index is -1.76. The number of para-hydroxylation sites is 1. The van der Waals surface area contributed by atoms with Gasteiger partial charge in [0.05, 0.1) is 12.7 Å². The number of hydrogen-bond donors (Lipinski definition) is 1. The third kappa shape index (κ3) is 2.38. The maximum atomic E-state index is 13.4. The van der Waals surface area contributed by atoms with Gasteiger partial charge in [-0.05, 0) is 37.7 Å². The maximum Gasteiger partial charge on any atom is 0.330 e. The van der Waals surface area contributed by atoms with Crippen LogP contribution < -0.4 is 5.32 Å². The lowest BCUT2D eigenvalue weighted by atomic mass is 9.61. The lowest BCUT2D eigenvalue weighted by Gasteiger charge is -2.40. The first-order valence-corrected chi connectivity index (χ1v) is 9.77. The van der Waals surface area contributed by atoms with Crippen molar-refractivity contribution in [3.05, 3.63) is 64.7 Å². The summed E-state index contributed by atoms with van der Waals surface area (Å²) in [6, 6.07) is 16.5. The molecule has 2 aromatic rings. The average Bonchev–Trinajstić information content (AvgIpc) is 3.17. The van der Waals surface area contributed by atoms with Crippen molar-refractivity contribution in [3.8, 4) is 6.07 Å². The van der Waals surface area contributed by atoms with Crippen LogP contribution in [-0.4, -0.2) is 37.0 Å². The highest BCUT2D eigenvalue weighted by atomic mass is 35.5. The minimum absolute atomic E-state index is 0.110. The van der Waals surface area contributed by atoms with Gasteiger partial charge in [-0.1, -0.05) is 41.9 Å². The molecule has 0 bridgehead atoms. The van der Waals surface area contributed by atoms with Gasteiger partial charge in [0.25, 0.3) is 5.91 Å². The van der Waals surface area contributed by atoms with Crippen molar-refractivity contribution >= 4 is 29.2 Å². The molecule has 6 nitrogen and oxygen atoms in total. The highest BCUT2D eigenvalue weighted by molar-refractivity contribution is 6.30. The molecule has 2 aliphatic rings. The molecule has 2 heterocycles. The van der Waals surface area contributed by atoms with Crippen LogP contribution in [0.1, 0.15) is 24.0 Å². The van der Waals surface area contributed by atoms with Gasteiger partial charge < -0.3 is 10.1 Å². The third-order valence-electron chi connectivity index (χ3n) is 6.06. The Morgan fingerprint density at radius 1 is 1.31 bits per heavy atom. The number of esters is 1. The number of carbonyl (C=O) groups is 2. The van der Waals surface area contributed by atoms with Crippen LogP contribution in [0, 0.1) is 16.7 Å². The van der Waals surface area contributed by atoms with E-state index in [1.165, 1.54) is 0 Å². The molecule has 0 aromatic heterocycles. The van der Waals surface area contributed by atoms with Gasteiger partial charge in [-0.3, -0.25) is 14.5 Å². The first-order chi connectivity index (χ1) is 13.9. The monoisotopic (exact) mass is 409 g/mol. The molecule has 1 fully saturated rings. The zero-order valence-corrected chi connectivity index (χ0v) is 16.9. The molecule has 2 aliphatic heterocycles. The van der Waals surface area contributed by atoms with E-state index in [2.05, 4.69) is 11.4 Å². The van der Waals surface area contributed by atoms with Gasteiger partial charge in [0.2, 0.25) is 0 Å². The normalized spacial score (nSPS) is 28.1. The number of likely N-dealkylation sites (N-methyl/N-ethyl adjacent to an activating group) is 1. The summed E-state index contributed by atoms with van der Waals surface area (Å²) in [5.74, 6) is -1.67. The Morgan fingerprint density at radius 2 is 2.00 bits per heavy atom. The fourth-order valence-corrected chi connectivity index (χ4v) is 5.03. The zero-order valence-electron chi connectivity index (χ0n) is 16.1. The number of nitrogens with one attached hydrogen (secondary N) is 1. The molecule has 0 saturated carbocycles. The highest BCUT2D eigenvalue weighted by Gasteiger charge is 2.75. The van der Waals surface area contributed by atoms with E-state index in [0.717, 1.165) is 5.56 Å². The number of fused-ring (bicyclic) bond motifs is 2. The van der Waals surface area contributed by atoms with Gasteiger partial charge in [-0.25, -0.2) is 0 Å². The first-order valence-electron chi connectivity index (χ1n) is 9.39. The molecule has 0 unspecified atom stereocenters. The number of benzene rings is 2. The van der Waals surface area contributed by atoms with Gasteiger partial charge in [0.15, 0.2) is 11.0 Å². The van der Waals surface area contributed by atoms with Crippen molar-refractivity contribution in [2.24, 2.45) is 5.41 Å². The molecule has 4 rings (SSSR count).